The van der Waals surface area contributed by atoms with Gasteiger partial charge in [-0.25, -0.2) is 4.98 Å². The number of aromatic nitrogens is 4. The fourth-order valence-corrected chi connectivity index (χ4v) is 6.86. The minimum Gasteiger partial charge on any atom is -0.319 e. The zero-order valence-electron chi connectivity index (χ0n) is 24.7. The first-order chi connectivity index (χ1) is 22.2. The van der Waals surface area contributed by atoms with Gasteiger partial charge in [-0.05, 0) is 68.4 Å². The summed E-state index contributed by atoms with van der Waals surface area (Å²) in [5.41, 5.74) is 7.85. The number of imidazole rings is 1. The highest BCUT2D eigenvalue weighted by molar-refractivity contribution is 6.10. The summed E-state index contributed by atoms with van der Waals surface area (Å²) < 4.78 is 6.56. The van der Waals surface area contributed by atoms with Crippen LogP contribution in [0.3, 0.4) is 0 Å². The van der Waals surface area contributed by atoms with Gasteiger partial charge in [0.15, 0.2) is 0 Å². The SMILES string of the molecule is C[n+]1[c-]n(C2=c3\cccc\c3=c3/cccc/c3=C/C(c3ccc4c5ccccc5n(-c5ccccn5)c4c3)=C\2)c2ccccc21. The van der Waals surface area contributed by atoms with E-state index < -0.39 is 0 Å². The summed E-state index contributed by atoms with van der Waals surface area (Å²) in [5.74, 6) is 0.906. The molecule has 0 bridgehead atoms. The Labute approximate surface area is 259 Å². The van der Waals surface area contributed by atoms with E-state index in [9.17, 15) is 0 Å². The molecule has 0 N–H and O–H groups in total. The molecule has 1 aliphatic rings. The lowest BCUT2D eigenvalue weighted by Crippen LogP contribution is -2.26. The molecule has 5 aromatic carbocycles. The van der Waals surface area contributed by atoms with E-state index in [2.05, 4.69) is 161 Å². The quantitative estimate of drug-likeness (QED) is 0.172. The summed E-state index contributed by atoms with van der Waals surface area (Å²) in [4.78, 5) is 4.76. The van der Waals surface area contributed by atoms with Crippen LogP contribution in [-0.4, -0.2) is 14.1 Å². The maximum Gasteiger partial charge on any atom is 0.244 e. The van der Waals surface area contributed by atoms with Crippen LogP contribution in [0, 0.1) is 16.8 Å². The predicted octanol–water partition coefficient (Wildman–Crippen LogP) is 6.58. The second-order valence-electron chi connectivity index (χ2n) is 11.5. The largest absolute Gasteiger partial charge is 0.319 e. The van der Waals surface area contributed by atoms with Gasteiger partial charge in [0.05, 0.1) is 34.8 Å². The molecule has 0 saturated heterocycles. The van der Waals surface area contributed by atoms with Gasteiger partial charge in [-0.15, -0.1) is 0 Å². The zero-order valence-corrected chi connectivity index (χ0v) is 24.7. The van der Waals surface area contributed by atoms with Gasteiger partial charge < -0.3 is 9.13 Å². The molecule has 0 amide bonds. The standard InChI is InChI=1S/C41H28N4/c1-43-27-44(38-19-9-8-18-37(38)43)39-26-30(24-29-12-2-3-13-31(29)32-14-4-5-15-33(32)39)28-21-22-35-34-16-6-7-17-36(34)45(40(35)25-28)41-20-10-11-23-42-41/h2-26H,1H3/b29-24-,30-24?,30-26+,32-31-,39-26?,39-33+. The molecule has 4 nitrogen and oxygen atoms in total. The van der Waals surface area contributed by atoms with Crippen LogP contribution in [0.4, 0.5) is 0 Å². The molecule has 0 unspecified atom stereocenters. The summed E-state index contributed by atoms with van der Waals surface area (Å²) in [7, 11) is 2.06. The average molecular weight is 577 g/mol. The molecule has 0 spiro atoms. The molecule has 8 aromatic rings. The molecular formula is C41H28N4. The van der Waals surface area contributed by atoms with Crippen LogP contribution < -0.4 is 15.0 Å². The van der Waals surface area contributed by atoms with E-state index in [1.807, 2.05) is 18.3 Å². The minimum atomic E-state index is 0.906. The highest BCUT2D eigenvalue weighted by atomic mass is 15.1. The molecule has 0 fully saturated rings. The van der Waals surface area contributed by atoms with E-state index in [1.54, 1.807) is 0 Å². The molecule has 0 saturated carbocycles. The third kappa shape index (κ3) is 4.00. The van der Waals surface area contributed by atoms with E-state index in [0.717, 1.165) is 49.9 Å². The van der Waals surface area contributed by atoms with Gasteiger partial charge in [0.1, 0.15) is 5.82 Å². The van der Waals surface area contributed by atoms with Crippen molar-refractivity contribution in [3.63, 3.8) is 0 Å². The number of hydrogen-bond donors (Lipinski definition) is 0. The Kier molecular flexibility index (Phi) is 5.69. The lowest BCUT2D eigenvalue weighted by atomic mass is 9.97. The Morgan fingerprint density at radius 2 is 1.31 bits per heavy atom. The van der Waals surface area contributed by atoms with Crippen molar-refractivity contribution in [3.05, 3.63) is 178 Å². The van der Waals surface area contributed by atoms with Crippen molar-refractivity contribution in [2.45, 2.75) is 0 Å². The lowest BCUT2D eigenvalue weighted by Gasteiger charge is -2.13. The molecule has 0 radical (unpaired) electrons. The van der Waals surface area contributed by atoms with E-state index in [-0.39, 0.29) is 0 Å². The monoisotopic (exact) mass is 576 g/mol. The third-order valence-corrected chi connectivity index (χ3v) is 8.92. The van der Waals surface area contributed by atoms with Gasteiger partial charge in [-0.3, -0.25) is 4.57 Å². The van der Waals surface area contributed by atoms with Crippen LogP contribution in [-0.2, 0) is 7.05 Å². The van der Waals surface area contributed by atoms with Gasteiger partial charge in [0, 0.05) is 17.0 Å². The molecule has 9 rings (SSSR count). The molecule has 0 atom stereocenters. The molecule has 4 heteroatoms. The molecule has 3 aromatic heterocycles. The topological polar surface area (TPSA) is 26.6 Å². The normalized spacial score (nSPS) is 16.7. The maximum atomic E-state index is 4.76. The zero-order chi connectivity index (χ0) is 29.9. The van der Waals surface area contributed by atoms with Gasteiger partial charge in [0.2, 0.25) is 6.33 Å². The number of allylic oxidation sites excluding steroid dienone is 2. The molecule has 212 valence electrons. The Hall–Kier alpha value is -6.00. The maximum absolute atomic E-state index is 4.76. The van der Waals surface area contributed by atoms with Crippen LogP contribution in [0.2, 0.25) is 0 Å². The van der Waals surface area contributed by atoms with Gasteiger partial charge in [-0.2, -0.15) is 0 Å². The molecule has 3 heterocycles. The molecule has 0 aliphatic heterocycles. The van der Waals surface area contributed by atoms with Crippen molar-refractivity contribution < 1.29 is 4.57 Å². The smallest absolute Gasteiger partial charge is 0.244 e. The minimum absolute atomic E-state index is 0.906. The summed E-state index contributed by atoms with van der Waals surface area (Å²) >= 11 is 0. The molecule has 1 aliphatic carbocycles. The fraction of sp³-hybridized carbons (Fsp3) is 0.0244. The van der Waals surface area contributed by atoms with E-state index >= 15 is 0 Å². The van der Waals surface area contributed by atoms with Crippen molar-refractivity contribution in [1.82, 2.24) is 14.1 Å². The Bertz CT molecular complexity index is 2710. The van der Waals surface area contributed by atoms with Crippen molar-refractivity contribution >= 4 is 50.2 Å². The second-order valence-corrected chi connectivity index (χ2v) is 11.5. The molecular weight excluding hydrogens is 548 g/mol. The van der Waals surface area contributed by atoms with Crippen molar-refractivity contribution in [3.8, 4) is 5.82 Å². The summed E-state index contributed by atoms with van der Waals surface area (Å²) in [6, 6.07) is 47.4. The van der Waals surface area contributed by atoms with Crippen molar-refractivity contribution in [2.75, 3.05) is 0 Å². The number of benzene rings is 5. The van der Waals surface area contributed by atoms with Gasteiger partial charge in [0.25, 0.3) is 0 Å². The number of aryl methyl sites for hydroxylation is 1. The predicted molar refractivity (Wildman–Crippen MR) is 182 cm³/mol. The fourth-order valence-electron chi connectivity index (χ4n) is 6.86. The molecule has 45 heavy (non-hydrogen) atoms. The van der Waals surface area contributed by atoms with Crippen LogP contribution in [0.1, 0.15) is 5.56 Å². The number of nitrogens with zero attached hydrogens (tertiary/aromatic N) is 4. The van der Waals surface area contributed by atoms with Crippen molar-refractivity contribution in [1.29, 1.82) is 0 Å². The second kappa shape index (κ2) is 10.0. The average Bonchev–Trinajstić information content (AvgIpc) is 3.60. The first-order valence-electron chi connectivity index (χ1n) is 15.2. The Balaban J connectivity index is 1.41. The number of hydrogen-bond acceptors (Lipinski definition) is 1. The first kappa shape index (κ1) is 25.5. The number of fused-ring (bicyclic) bond motifs is 6. The highest BCUT2D eigenvalue weighted by Crippen LogP contribution is 2.34. The van der Waals surface area contributed by atoms with Crippen LogP contribution >= 0.6 is 0 Å². The summed E-state index contributed by atoms with van der Waals surface area (Å²) in [6.45, 7) is 0. The lowest BCUT2D eigenvalue weighted by molar-refractivity contribution is -0.649. The highest BCUT2D eigenvalue weighted by Gasteiger charge is 2.16. The van der Waals surface area contributed by atoms with Crippen LogP contribution in [0.15, 0.2) is 146 Å². The Morgan fingerprint density at radius 1 is 0.600 bits per heavy atom. The van der Waals surface area contributed by atoms with Gasteiger partial charge >= 0.3 is 0 Å². The van der Waals surface area contributed by atoms with E-state index in [1.165, 1.54) is 26.4 Å². The van der Waals surface area contributed by atoms with Crippen molar-refractivity contribution in [2.24, 2.45) is 7.05 Å². The number of pyridine rings is 1. The first-order valence-corrected chi connectivity index (χ1v) is 15.2. The third-order valence-electron chi connectivity index (χ3n) is 8.92. The number of para-hydroxylation sites is 3. The summed E-state index contributed by atoms with van der Waals surface area (Å²) in [6.07, 6.45) is 10.1. The Morgan fingerprint density at radius 3 is 2.18 bits per heavy atom. The summed E-state index contributed by atoms with van der Waals surface area (Å²) in [5, 5.41) is 7.19. The van der Waals surface area contributed by atoms with Crippen LogP contribution in [0.25, 0.3) is 56.0 Å². The van der Waals surface area contributed by atoms with E-state index in [0.29, 0.717) is 0 Å². The van der Waals surface area contributed by atoms with Gasteiger partial charge in [-0.1, -0.05) is 109 Å². The number of rotatable bonds is 3. The van der Waals surface area contributed by atoms with Crippen LogP contribution in [0.5, 0.6) is 0 Å². The van der Waals surface area contributed by atoms with E-state index in [4.69, 9.17) is 4.98 Å².